The van der Waals surface area contributed by atoms with Gasteiger partial charge < -0.3 is 4.90 Å². The highest BCUT2D eigenvalue weighted by atomic mass is 15.3. The predicted molar refractivity (Wildman–Crippen MR) is 81.6 cm³/mol. The topological polar surface area (TPSA) is 6.48 Å². The Morgan fingerprint density at radius 2 is 1.68 bits per heavy atom. The van der Waals surface area contributed by atoms with Crippen LogP contribution in [-0.4, -0.2) is 37.1 Å². The average molecular weight is 258 g/mol. The minimum absolute atomic E-state index is 0.571. The summed E-state index contributed by atoms with van der Waals surface area (Å²) in [6, 6.07) is 11.7. The molecule has 19 heavy (non-hydrogen) atoms. The van der Waals surface area contributed by atoms with E-state index in [2.05, 4.69) is 54.0 Å². The molecule has 0 aromatic heterocycles. The lowest BCUT2D eigenvalue weighted by atomic mass is 9.91. The second kappa shape index (κ2) is 5.16. The van der Waals surface area contributed by atoms with Crippen LogP contribution < -0.4 is 4.90 Å². The van der Waals surface area contributed by atoms with E-state index in [9.17, 15) is 0 Å². The quantitative estimate of drug-likeness (QED) is 0.802. The van der Waals surface area contributed by atoms with Crippen LogP contribution in [0.25, 0.3) is 0 Å². The van der Waals surface area contributed by atoms with Crippen LogP contribution in [0.5, 0.6) is 0 Å². The van der Waals surface area contributed by atoms with E-state index >= 15 is 0 Å². The van der Waals surface area contributed by atoms with Gasteiger partial charge in [-0.1, -0.05) is 32.0 Å². The maximum Gasteiger partial charge on any atom is 0.0367 e. The van der Waals surface area contributed by atoms with Crippen LogP contribution in [0.2, 0.25) is 0 Å². The fourth-order valence-electron chi connectivity index (χ4n) is 3.70. The van der Waals surface area contributed by atoms with Crippen LogP contribution >= 0.6 is 0 Å². The fourth-order valence-corrected chi connectivity index (χ4v) is 3.70. The zero-order valence-electron chi connectivity index (χ0n) is 12.3. The lowest BCUT2D eigenvalue weighted by Crippen LogP contribution is -2.50. The van der Waals surface area contributed by atoms with E-state index < -0.39 is 0 Å². The molecule has 1 atom stereocenters. The van der Waals surface area contributed by atoms with Crippen LogP contribution in [0.15, 0.2) is 30.3 Å². The summed E-state index contributed by atoms with van der Waals surface area (Å²) < 4.78 is 0. The summed E-state index contributed by atoms with van der Waals surface area (Å²) in [5, 5.41) is 0. The number of anilines is 1. The third kappa shape index (κ3) is 2.94. The first kappa shape index (κ1) is 13.0. The average Bonchev–Trinajstić information content (AvgIpc) is 2.80. The molecule has 1 saturated heterocycles. The highest BCUT2D eigenvalue weighted by Crippen LogP contribution is 2.39. The molecule has 0 spiro atoms. The molecular formula is C17H26N2. The van der Waals surface area contributed by atoms with Crippen molar-refractivity contribution in [1.29, 1.82) is 0 Å². The molecule has 3 rings (SSSR count). The minimum Gasteiger partial charge on any atom is -0.369 e. The minimum atomic E-state index is 0.571. The summed E-state index contributed by atoms with van der Waals surface area (Å²) in [5.41, 5.74) is 1.95. The van der Waals surface area contributed by atoms with Gasteiger partial charge in [0.2, 0.25) is 0 Å². The van der Waals surface area contributed by atoms with Gasteiger partial charge in [-0.15, -0.1) is 0 Å². The molecule has 1 aromatic rings. The van der Waals surface area contributed by atoms with Crippen molar-refractivity contribution < 1.29 is 0 Å². The van der Waals surface area contributed by atoms with E-state index in [0.717, 1.165) is 6.04 Å². The summed E-state index contributed by atoms with van der Waals surface area (Å²) in [5.74, 6) is 0. The number of hydrogen-bond donors (Lipinski definition) is 0. The van der Waals surface area contributed by atoms with Crippen LogP contribution in [0.1, 0.15) is 33.1 Å². The summed E-state index contributed by atoms with van der Waals surface area (Å²) in [4.78, 5) is 5.25. The van der Waals surface area contributed by atoms with Gasteiger partial charge in [-0.3, -0.25) is 4.90 Å². The summed E-state index contributed by atoms with van der Waals surface area (Å²) in [7, 11) is 0. The van der Waals surface area contributed by atoms with E-state index in [0.29, 0.717) is 5.41 Å². The molecule has 2 heteroatoms. The van der Waals surface area contributed by atoms with Gasteiger partial charge in [0.15, 0.2) is 0 Å². The molecule has 1 unspecified atom stereocenters. The first-order chi connectivity index (χ1) is 9.14. The Morgan fingerprint density at radius 3 is 2.26 bits per heavy atom. The zero-order valence-corrected chi connectivity index (χ0v) is 12.3. The number of nitrogens with zero attached hydrogens (tertiary/aromatic N) is 2. The first-order valence-electron chi connectivity index (χ1n) is 7.68. The summed E-state index contributed by atoms with van der Waals surface area (Å²) in [6.07, 6.45) is 4.19. The van der Waals surface area contributed by atoms with Crippen molar-refractivity contribution in [2.75, 3.05) is 31.1 Å². The van der Waals surface area contributed by atoms with Gasteiger partial charge in [0, 0.05) is 37.9 Å². The maximum absolute atomic E-state index is 2.73. The molecule has 0 bridgehead atoms. The molecule has 0 radical (unpaired) electrons. The molecule has 1 aliphatic carbocycles. The van der Waals surface area contributed by atoms with Gasteiger partial charge in [0.05, 0.1) is 0 Å². The normalized spacial score (nSPS) is 27.7. The SMILES string of the molecule is CC1(C)CCC(N2CCN(c3ccccc3)CC2)C1. The zero-order chi connectivity index (χ0) is 13.3. The maximum atomic E-state index is 2.73. The van der Waals surface area contributed by atoms with E-state index in [1.54, 1.807) is 0 Å². The molecule has 0 amide bonds. The van der Waals surface area contributed by atoms with Crippen LogP contribution in [0.3, 0.4) is 0 Å². The van der Waals surface area contributed by atoms with Gasteiger partial charge in [-0.2, -0.15) is 0 Å². The van der Waals surface area contributed by atoms with E-state index in [-0.39, 0.29) is 0 Å². The van der Waals surface area contributed by atoms with Gasteiger partial charge in [-0.25, -0.2) is 0 Å². The molecule has 1 aromatic carbocycles. The Kier molecular flexibility index (Phi) is 3.53. The van der Waals surface area contributed by atoms with Crippen LogP contribution in [0.4, 0.5) is 5.69 Å². The van der Waals surface area contributed by atoms with Crippen molar-refractivity contribution in [2.45, 2.75) is 39.2 Å². The monoisotopic (exact) mass is 258 g/mol. The van der Waals surface area contributed by atoms with Gasteiger partial charge in [-0.05, 0) is 36.8 Å². The van der Waals surface area contributed by atoms with Crippen molar-refractivity contribution >= 4 is 5.69 Å². The van der Waals surface area contributed by atoms with Gasteiger partial charge in [0.1, 0.15) is 0 Å². The Hall–Kier alpha value is -1.02. The molecule has 104 valence electrons. The largest absolute Gasteiger partial charge is 0.369 e. The summed E-state index contributed by atoms with van der Waals surface area (Å²) >= 11 is 0. The van der Waals surface area contributed by atoms with E-state index in [1.165, 1.54) is 51.1 Å². The highest BCUT2D eigenvalue weighted by Gasteiger charge is 2.35. The number of benzene rings is 1. The molecule has 1 saturated carbocycles. The predicted octanol–water partition coefficient (Wildman–Crippen LogP) is 3.39. The van der Waals surface area contributed by atoms with Crippen molar-refractivity contribution in [2.24, 2.45) is 5.41 Å². The third-order valence-electron chi connectivity index (χ3n) is 4.89. The number of para-hydroxylation sites is 1. The smallest absolute Gasteiger partial charge is 0.0367 e. The molecule has 2 aliphatic rings. The lowest BCUT2D eigenvalue weighted by Gasteiger charge is -2.39. The third-order valence-corrected chi connectivity index (χ3v) is 4.89. The Morgan fingerprint density at radius 1 is 1.00 bits per heavy atom. The van der Waals surface area contributed by atoms with Gasteiger partial charge >= 0.3 is 0 Å². The summed E-state index contributed by atoms with van der Waals surface area (Å²) in [6.45, 7) is 9.67. The second-order valence-corrected chi connectivity index (χ2v) is 6.92. The van der Waals surface area contributed by atoms with Crippen LogP contribution in [-0.2, 0) is 0 Å². The second-order valence-electron chi connectivity index (χ2n) is 6.92. The number of rotatable bonds is 2. The standard InChI is InChI=1S/C17H26N2/c1-17(2)9-8-16(14-17)19-12-10-18(11-13-19)15-6-4-3-5-7-15/h3-7,16H,8-14H2,1-2H3. The van der Waals surface area contributed by atoms with Crippen LogP contribution in [0, 0.1) is 5.41 Å². The Bertz CT molecular complexity index is 405. The lowest BCUT2D eigenvalue weighted by molar-refractivity contribution is 0.176. The molecule has 1 heterocycles. The molecule has 2 nitrogen and oxygen atoms in total. The molecule has 0 N–H and O–H groups in total. The van der Waals surface area contributed by atoms with Crippen molar-refractivity contribution in [3.63, 3.8) is 0 Å². The Balaban J connectivity index is 1.56. The molecule has 2 fully saturated rings. The number of hydrogen-bond acceptors (Lipinski definition) is 2. The van der Waals surface area contributed by atoms with Crippen molar-refractivity contribution in [1.82, 2.24) is 4.90 Å². The van der Waals surface area contributed by atoms with Gasteiger partial charge in [0.25, 0.3) is 0 Å². The highest BCUT2D eigenvalue weighted by molar-refractivity contribution is 5.46. The van der Waals surface area contributed by atoms with E-state index in [4.69, 9.17) is 0 Å². The van der Waals surface area contributed by atoms with Crippen molar-refractivity contribution in [3.8, 4) is 0 Å². The fraction of sp³-hybridized carbons (Fsp3) is 0.647. The Labute approximate surface area is 117 Å². The molecule has 1 aliphatic heterocycles. The molecular weight excluding hydrogens is 232 g/mol. The van der Waals surface area contributed by atoms with Crippen molar-refractivity contribution in [3.05, 3.63) is 30.3 Å². The van der Waals surface area contributed by atoms with E-state index in [1.807, 2.05) is 0 Å². The first-order valence-corrected chi connectivity index (χ1v) is 7.68. The number of piperazine rings is 1.